The van der Waals surface area contributed by atoms with Crippen molar-refractivity contribution < 1.29 is 4.80 Å². The molecule has 8 heavy (non-hydrogen) atoms. The molecule has 1 nitrogen and oxygen atoms in total. The predicted octanol–water partition coefficient (Wildman–Crippen LogP) is 1.15. The van der Waals surface area contributed by atoms with Crippen molar-refractivity contribution in [2.24, 2.45) is 0 Å². The second-order valence-electron chi connectivity index (χ2n) is 1.53. The number of hydrogen-bond donors (Lipinski definition) is 1. The fourth-order valence-electron chi connectivity index (χ4n) is 0.192. The third-order valence-electron chi connectivity index (χ3n) is 0.921. The molecule has 0 radical (unpaired) electrons. The number of alkyl halides is 1. The molecule has 46 valence electrons. The Hall–Kier alpha value is -0.0531. The highest BCUT2D eigenvalue weighted by Gasteiger charge is 2.20. The maximum Gasteiger partial charge on any atom is 0.251 e. The summed E-state index contributed by atoms with van der Waals surface area (Å²) < 4.78 is 0. The summed E-state index contributed by atoms with van der Waals surface area (Å²) in [5.41, 5.74) is 3.24. The minimum absolute atomic E-state index is 0.250. The molecule has 0 aliphatic carbocycles. The molecular formula is C5H9ClOSi. The quantitative estimate of drug-likeness (QED) is 0.471. The predicted molar refractivity (Wildman–Crippen MR) is 39.1 cm³/mol. The fourth-order valence-corrected chi connectivity index (χ4v) is 1.23. The molecule has 0 heterocycles. The highest BCUT2D eigenvalue weighted by atomic mass is 35.5. The lowest BCUT2D eigenvalue weighted by molar-refractivity contribution is 0.572. The van der Waals surface area contributed by atoms with Crippen LogP contribution in [0.3, 0.4) is 0 Å². The Morgan fingerprint density at radius 3 is 1.88 bits per heavy atom. The standard InChI is InChI=1S/C5H9ClOSi/c1-3-8(7,4-2)5-6/h3-4,7H,1-2,5H2. The van der Waals surface area contributed by atoms with E-state index in [4.69, 9.17) is 11.6 Å². The molecule has 0 unspecified atom stereocenters. The van der Waals surface area contributed by atoms with E-state index in [0.717, 1.165) is 0 Å². The maximum atomic E-state index is 9.21. The van der Waals surface area contributed by atoms with Crippen LogP contribution in [0, 0.1) is 0 Å². The normalized spacial score (nSPS) is 10.8. The van der Waals surface area contributed by atoms with Gasteiger partial charge in [0.05, 0.1) is 0 Å². The topological polar surface area (TPSA) is 20.2 Å². The smallest absolute Gasteiger partial charge is 0.251 e. The molecule has 0 aromatic rings. The van der Waals surface area contributed by atoms with Gasteiger partial charge in [-0.3, -0.25) is 0 Å². The van der Waals surface area contributed by atoms with E-state index in [0.29, 0.717) is 0 Å². The molecule has 0 amide bonds. The van der Waals surface area contributed by atoms with Crippen molar-refractivity contribution in [2.45, 2.75) is 0 Å². The van der Waals surface area contributed by atoms with E-state index >= 15 is 0 Å². The molecule has 0 rings (SSSR count). The SMILES string of the molecule is C=C[Si](O)(C=C)CCl. The summed E-state index contributed by atoms with van der Waals surface area (Å²) in [6.07, 6.45) is 0. The molecule has 1 N–H and O–H groups in total. The van der Waals surface area contributed by atoms with Gasteiger partial charge in [0.25, 0.3) is 8.32 Å². The Morgan fingerprint density at radius 1 is 1.50 bits per heavy atom. The average Bonchev–Trinajstić information content (AvgIpc) is 1.87. The number of hydrogen-bond acceptors (Lipinski definition) is 1. The van der Waals surface area contributed by atoms with Gasteiger partial charge in [-0.2, -0.15) is 0 Å². The summed E-state index contributed by atoms with van der Waals surface area (Å²) in [7, 11) is -2.38. The van der Waals surface area contributed by atoms with E-state index in [1.54, 1.807) is 0 Å². The molecule has 3 heteroatoms. The molecule has 0 aromatic carbocycles. The van der Waals surface area contributed by atoms with E-state index in [1.807, 2.05) is 0 Å². The summed E-state index contributed by atoms with van der Waals surface area (Å²) in [5, 5.41) is 0. The summed E-state index contributed by atoms with van der Waals surface area (Å²) in [6, 6.07) is 0. The highest BCUT2D eigenvalue weighted by Crippen LogP contribution is 2.01. The van der Waals surface area contributed by atoms with Crippen LogP contribution in [0.2, 0.25) is 0 Å². The Balaban J connectivity index is 3.96. The number of halogens is 1. The van der Waals surface area contributed by atoms with Gasteiger partial charge in [0.1, 0.15) is 0 Å². The van der Waals surface area contributed by atoms with Gasteiger partial charge in [0, 0.05) is 5.50 Å². The summed E-state index contributed by atoms with van der Waals surface area (Å²) >= 11 is 5.38. The van der Waals surface area contributed by atoms with Crippen LogP contribution in [0.4, 0.5) is 0 Å². The van der Waals surface area contributed by atoms with E-state index < -0.39 is 8.32 Å². The van der Waals surface area contributed by atoms with E-state index in [9.17, 15) is 4.80 Å². The Bertz CT molecular complexity index is 94.6. The second kappa shape index (κ2) is 3.07. The maximum absolute atomic E-state index is 9.21. The zero-order valence-electron chi connectivity index (χ0n) is 4.60. The fraction of sp³-hybridized carbons (Fsp3) is 0.200. The van der Waals surface area contributed by atoms with Gasteiger partial charge in [-0.15, -0.1) is 24.8 Å². The molecule has 0 spiro atoms. The molecule has 0 saturated carbocycles. The second-order valence-corrected chi connectivity index (χ2v) is 5.40. The van der Waals surface area contributed by atoms with Crippen LogP contribution in [-0.4, -0.2) is 18.6 Å². The van der Waals surface area contributed by atoms with E-state index in [2.05, 4.69) is 13.2 Å². The molecule has 0 aliphatic rings. The van der Waals surface area contributed by atoms with Crippen molar-refractivity contribution in [1.82, 2.24) is 0 Å². The van der Waals surface area contributed by atoms with Crippen LogP contribution in [-0.2, 0) is 0 Å². The molecule has 0 bridgehead atoms. The summed E-state index contributed by atoms with van der Waals surface area (Å²) in [5.74, 6) is 0. The third kappa shape index (κ3) is 1.82. The Labute approximate surface area is 55.4 Å². The van der Waals surface area contributed by atoms with E-state index in [-0.39, 0.29) is 5.50 Å². The van der Waals surface area contributed by atoms with Gasteiger partial charge in [0.15, 0.2) is 0 Å². The zero-order chi connectivity index (χ0) is 6.62. The molecule has 0 saturated heterocycles. The van der Waals surface area contributed by atoms with Crippen LogP contribution in [0.15, 0.2) is 24.6 Å². The summed E-state index contributed by atoms with van der Waals surface area (Å²) in [4.78, 5) is 9.21. The monoisotopic (exact) mass is 148 g/mol. The molecule has 0 atom stereocenters. The van der Waals surface area contributed by atoms with Crippen molar-refractivity contribution in [1.29, 1.82) is 0 Å². The first-order valence-corrected chi connectivity index (χ1v) is 5.08. The lowest BCUT2D eigenvalue weighted by atomic mass is 11.2. The molecule has 0 aromatic heterocycles. The first kappa shape index (κ1) is 7.95. The highest BCUT2D eigenvalue weighted by molar-refractivity contribution is 6.87. The Kier molecular flexibility index (Phi) is 3.05. The van der Waals surface area contributed by atoms with Gasteiger partial charge >= 0.3 is 0 Å². The minimum atomic E-state index is -2.38. The minimum Gasteiger partial charge on any atom is -0.424 e. The van der Waals surface area contributed by atoms with Crippen LogP contribution in [0.5, 0.6) is 0 Å². The van der Waals surface area contributed by atoms with Crippen LogP contribution < -0.4 is 0 Å². The van der Waals surface area contributed by atoms with Crippen molar-refractivity contribution in [2.75, 3.05) is 5.50 Å². The van der Waals surface area contributed by atoms with Gasteiger partial charge in [-0.1, -0.05) is 11.4 Å². The van der Waals surface area contributed by atoms with Gasteiger partial charge in [0.2, 0.25) is 0 Å². The van der Waals surface area contributed by atoms with Crippen LogP contribution in [0.25, 0.3) is 0 Å². The Morgan fingerprint density at radius 2 is 1.88 bits per heavy atom. The van der Waals surface area contributed by atoms with Gasteiger partial charge < -0.3 is 4.80 Å². The zero-order valence-corrected chi connectivity index (χ0v) is 6.36. The van der Waals surface area contributed by atoms with Gasteiger partial charge in [-0.05, 0) is 0 Å². The molecule has 0 fully saturated rings. The van der Waals surface area contributed by atoms with E-state index in [1.165, 1.54) is 11.4 Å². The van der Waals surface area contributed by atoms with Crippen molar-refractivity contribution in [3.63, 3.8) is 0 Å². The molecular weight excluding hydrogens is 140 g/mol. The first-order valence-electron chi connectivity index (χ1n) is 2.24. The summed E-state index contributed by atoms with van der Waals surface area (Å²) in [6.45, 7) is 6.86. The lowest BCUT2D eigenvalue weighted by Crippen LogP contribution is -2.32. The first-order chi connectivity index (χ1) is 3.68. The molecule has 0 aliphatic heterocycles. The third-order valence-corrected chi connectivity index (χ3v) is 4.05. The van der Waals surface area contributed by atoms with Crippen molar-refractivity contribution >= 4 is 19.9 Å². The lowest BCUT2D eigenvalue weighted by Gasteiger charge is -2.09. The van der Waals surface area contributed by atoms with Crippen molar-refractivity contribution in [3.8, 4) is 0 Å². The van der Waals surface area contributed by atoms with Crippen LogP contribution in [0.1, 0.15) is 0 Å². The van der Waals surface area contributed by atoms with Gasteiger partial charge in [-0.25, -0.2) is 0 Å². The average molecular weight is 149 g/mol. The van der Waals surface area contributed by atoms with Crippen molar-refractivity contribution in [3.05, 3.63) is 24.6 Å². The number of rotatable bonds is 3. The largest absolute Gasteiger partial charge is 0.424 e. The van der Waals surface area contributed by atoms with Crippen LogP contribution >= 0.6 is 11.6 Å².